The Morgan fingerprint density at radius 2 is 1.96 bits per heavy atom. The van der Waals surface area contributed by atoms with Gasteiger partial charge in [-0.1, -0.05) is 17.7 Å². The highest BCUT2D eigenvalue weighted by Crippen LogP contribution is 2.30. The highest BCUT2D eigenvalue weighted by Gasteiger charge is 2.14. The van der Waals surface area contributed by atoms with Gasteiger partial charge in [-0.3, -0.25) is 4.79 Å². The third-order valence-electron chi connectivity index (χ3n) is 4.64. The lowest BCUT2D eigenvalue weighted by molar-refractivity contribution is 0.100. The molecule has 3 rings (SSSR count). The van der Waals surface area contributed by atoms with E-state index in [0.717, 1.165) is 48.7 Å². The number of carbonyl (C=O) groups is 1. The molecule has 2 aromatic carbocycles. The third-order valence-corrected chi connectivity index (χ3v) is 4.87. The Labute approximate surface area is 153 Å². The van der Waals surface area contributed by atoms with Crippen molar-refractivity contribution >= 4 is 23.2 Å². The molecular formula is C20H23ClN2O2. The van der Waals surface area contributed by atoms with Crippen LogP contribution < -0.4 is 15.4 Å². The second kappa shape index (κ2) is 7.79. The van der Waals surface area contributed by atoms with Crippen LogP contribution in [0, 0.1) is 0 Å². The van der Waals surface area contributed by atoms with E-state index >= 15 is 0 Å². The summed E-state index contributed by atoms with van der Waals surface area (Å²) in [6.45, 7) is 1.46. The van der Waals surface area contributed by atoms with Crippen molar-refractivity contribution in [3.05, 3.63) is 58.1 Å². The summed E-state index contributed by atoms with van der Waals surface area (Å²) in [5, 5.41) is 0.784. The number of hydrogen-bond acceptors (Lipinski definition) is 3. The predicted octanol–water partition coefficient (Wildman–Crippen LogP) is 3.83. The van der Waals surface area contributed by atoms with Crippen LogP contribution in [0.3, 0.4) is 0 Å². The first-order valence-corrected chi connectivity index (χ1v) is 8.97. The Balaban J connectivity index is 1.91. The zero-order valence-corrected chi connectivity index (χ0v) is 15.2. The molecule has 0 atom stereocenters. The number of nitrogens with two attached hydrogens (primary N) is 1. The zero-order valence-electron chi connectivity index (χ0n) is 14.4. The Morgan fingerprint density at radius 1 is 1.12 bits per heavy atom. The van der Waals surface area contributed by atoms with E-state index in [0.29, 0.717) is 12.2 Å². The lowest BCUT2D eigenvalue weighted by Gasteiger charge is -2.24. The molecule has 2 aromatic rings. The summed E-state index contributed by atoms with van der Waals surface area (Å²) in [6, 6.07) is 11.5. The highest BCUT2D eigenvalue weighted by molar-refractivity contribution is 6.30. The largest absolute Gasteiger partial charge is 0.491 e. The van der Waals surface area contributed by atoms with E-state index in [1.54, 1.807) is 6.07 Å². The van der Waals surface area contributed by atoms with Crippen molar-refractivity contribution in [2.45, 2.75) is 25.7 Å². The fourth-order valence-corrected chi connectivity index (χ4v) is 3.37. The number of primary amides is 1. The molecule has 0 aliphatic carbocycles. The molecule has 0 spiro atoms. The van der Waals surface area contributed by atoms with Gasteiger partial charge in [-0.25, -0.2) is 0 Å². The predicted molar refractivity (Wildman–Crippen MR) is 102 cm³/mol. The Morgan fingerprint density at radius 3 is 2.76 bits per heavy atom. The average Bonchev–Trinajstić information content (AvgIpc) is 2.59. The third kappa shape index (κ3) is 4.26. The summed E-state index contributed by atoms with van der Waals surface area (Å²) in [6.07, 6.45) is 3.93. The van der Waals surface area contributed by atoms with E-state index < -0.39 is 5.91 Å². The first-order chi connectivity index (χ1) is 12.0. The number of aryl methyl sites for hydroxylation is 1. The fraction of sp³-hybridized carbons (Fsp3) is 0.350. The number of anilines is 1. The second-order valence-electron chi connectivity index (χ2n) is 6.44. The number of carbonyl (C=O) groups excluding carboxylic acids is 1. The van der Waals surface area contributed by atoms with Crippen LogP contribution in [0.1, 0.15) is 34.3 Å². The number of nitrogens with zero attached hydrogens (tertiary/aromatic N) is 1. The number of ether oxygens (including phenoxy) is 1. The summed E-state index contributed by atoms with van der Waals surface area (Å²) in [4.78, 5) is 13.6. The quantitative estimate of drug-likeness (QED) is 0.842. The molecule has 0 bridgehead atoms. The van der Waals surface area contributed by atoms with Crippen LogP contribution in [0.15, 0.2) is 36.4 Å². The molecule has 5 heteroatoms. The summed E-state index contributed by atoms with van der Waals surface area (Å²) in [5.74, 6) is 0.367. The van der Waals surface area contributed by atoms with Gasteiger partial charge in [-0.05, 0) is 67.1 Å². The van der Waals surface area contributed by atoms with Gasteiger partial charge in [0.25, 0.3) is 0 Å². The molecule has 1 heterocycles. The molecule has 0 saturated heterocycles. The van der Waals surface area contributed by atoms with Crippen molar-refractivity contribution < 1.29 is 9.53 Å². The molecule has 0 aromatic heterocycles. The normalized spacial score (nSPS) is 15.2. The van der Waals surface area contributed by atoms with Gasteiger partial charge >= 0.3 is 0 Å². The molecule has 25 heavy (non-hydrogen) atoms. The van der Waals surface area contributed by atoms with E-state index in [1.165, 1.54) is 11.1 Å². The minimum Gasteiger partial charge on any atom is -0.491 e. The molecule has 132 valence electrons. The van der Waals surface area contributed by atoms with Crippen LogP contribution in [0.2, 0.25) is 5.02 Å². The standard InChI is InChI=1S/C20H23ClN2O2/c1-23-10-9-14-5-7-17(21)12-15(14)4-2-3-11-25-19-8-6-16(20(22)24)13-18(19)23/h5-8,12-13H,2-4,9-11H2,1H3,(H2,22,24). The highest BCUT2D eigenvalue weighted by atomic mass is 35.5. The maximum absolute atomic E-state index is 11.5. The molecule has 4 nitrogen and oxygen atoms in total. The minimum atomic E-state index is -0.428. The lowest BCUT2D eigenvalue weighted by atomic mass is 9.99. The monoisotopic (exact) mass is 358 g/mol. The van der Waals surface area contributed by atoms with Gasteiger partial charge in [0.2, 0.25) is 5.91 Å². The van der Waals surface area contributed by atoms with Gasteiger partial charge in [-0.2, -0.15) is 0 Å². The molecule has 0 saturated carbocycles. The molecule has 1 aliphatic rings. The molecular weight excluding hydrogens is 336 g/mol. The number of halogens is 1. The number of rotatable bonds is 1. The number of fused-ring (bicyclic) bond motifs is 2. The van der Waals surface area contributed by atoms with Crippen molar-refractivity contribution in [1.29, 1.82) is 0 Å². The SMILES string of the molecule is CN1CCc2ccc(Cl)cc2CCCCOc2ccc(C(N)=O)cc21. The molecule has 0 radical (unpaired) electrons. The van der Waals surface area contributed by atoms with Crippen molar-refractivity contribution in [1.82, 2.24) is 0 Å². The van der Waals surface area contributed by atoms with Gasteiger partial charge in [0.1, 0.15) is 5.75 Å². The van der Waals surface area contributed by atoms with Gasteiger partial charge in [0.05, 0.1) is 12.3 Å². The van der Waals surface area contributed by atoms with Crippen LogP contribution in [0.5, 0.6) is 5.75 Å². The first kappa shape index (κ1) is 17.6. The Kier molecular flexibility index (Phi) is 5.49. The topological polar surface area (TPSA) is 55.6 Å². The van der Waals surface area contributed by atoms with Gasteiger partial charge < -0.3 is 15.4 Å². The molecule has 1 aliphatic heterocycles. The van der Waals surface area contributed by atoms with E-state index in [4.69, 9.17) is 22.1 Å². The zero-order chi connectivity index (χ0) is 17.8. The molecule has 0 unspecified atom stereocenters. The number of amides is 1. The average molecular weight is 359 g/mol. The van der Waals surface area contributed by atoms with E-state index in [2.05, 4.69) is 17.0 Å². The van der Waals surface area contributed by atoms with Crippen LogP contribution in [-0.4, -0.2) is 26.1 Å². The van der Waals surface area contributed by atoms with E-state index in [9.17, 15) is 4.79 Å². The van der Waals surface area contributed by atoms with Crippen LogP contribution in [-0.2, 0) is 12.8 Å². The van der Waals surface area contributed by atoms with Gasteiger partial charge in [-0.15, -0.1) is 0 Å². The summed E-state index contributed by atoms with van der Waals surface area (Å²) in [5.41, 5.74) is 9.46. The van der Waals surface area contributed by atoms with Crippen LogP contribution >= 0.6 is 11.6 Å². The van der Waals surface area contributed by atoms with Crippen LogP contribution in [0.4, 0.5) is 5.69 Å². The van der Waals surface area contributed by atoms with E-state index in [-0.39, 0.29) is 0 Å². The summed E-state index contributed by atoms with van der Waals surface area (Å²) < 4.78 is 5.96. The van der Waals surface area contributed by atoms with E-state index in [1.807, 2.05) is 25.2 Å². The Hall–Kier alpha value is -2.20. The number of hydrogen-bond donors (Lipinski definition) is 1. The maximum Gasteiger partial charge on any atom is 0.248 e. The number of benzene rings is 2. The number of likely N-dealkylation sites (N-methyl/N-ethyl adjacent to an activating group) is 1. The van der Waals surface area contributed by atoms with Crippen LogP contribution in [0.25, 0.3) is 0 Å². The molecule has 2 N–H and O–H groups in total. The second-order valence-corrected chi connectivity index (χ2v) is 6.87. The molecule has 1 amide bonds. The lowest BCUT2D eigenvalue weighted by Crippen LogP contribution is -2.23. The fourth-order valence-electron chi connectivity index (χ4n) is 3.17. The van der Waals surface area contributed by atoms with Crippen molar-refractivity contribution in [2.24, 2.45) is 5.73 Å². The maximum atomic E-state index is 11.5. The van der Waals surface area contributed by atoms with Crippen molar-refractivity contribution in [3.63, 3.8) is 0 Å². The van der Waals surface area contributed by atoms with Gasteiger partial charge in [0, 0.05) is 24.2 Å². The summed E-state index contributed by atoms with van der Waals surface area (Å²) >= 11 is 6.17. The Bertz CT molecular complexity index is 776. The smallest absolute Gasteiger partial charge is 0.248 e. The minimum absolute atomic E-state index is 0.428. The summed E-state index contributed by atoms with van der Waals surface area (Å²) in [7, 11) is 2.01. The van der Waals surface area contributed by atoms with Gasteiger partial charge in [0.15, 0.2) is 0 Å². The molecule has 0 fully saturated rings. The van der Waals surface area contributed by atoms with Crippen molar-refractivity contribution in [2.75, 3.05) is 25.1 Å². The van der Waals surface area contributed by atoms with Crippen molar-refractivity contribution in [3.8, 4) is 5.75 Å². The first-order valence-electron chi connectivity index (χ1n) is 8.59.